The molecule has 1 saturated heterocycles. The Bertz CT molecular complexity index is 1070. The fourth-order valence-electron chi connectivity index (χ4n) is 4.92. The van der Waals surface area contributed by atoms with E-state index in [1.54, 1.807) is 12.4 Å². The van der Waals surface area contributed by atoms with Crippen molar-refractivity contribution < 1.29 is 4.79 Å². The Balaban J connectivity index is 1.66. The van der Waals surface area contributed by atoms with Crippen molar-refractivity contribution in [1.29, 1.82) is 0 Å². The summed E-state index contributed by atoms with van der Waals surface area (Å²) in [5, 5.41) is 3.80. The molecule has 0 aliphatic carbocycles. The van der Waals surface area contributed by atoms with Crippen LogP contribution in [0.25, 0.3) is 0 Å². The van der Waals surface area contributed by atoms with Crippen molar-refractivity contribution in [3.63, 3.8) is 0 Å². The number of aromatic nitrogens is 1. The number of amides is 1. The summed E-state index contributed by atoms with van der Waals surface area (Å²) < 4.78 is 0. The molecule has 1 amide bonds. The zero-order valence-electron chi connectivity index (χ0n) is 17.9. The Morgan fingerprint density at radius 2 is 1.19 bits per heavy atom. The molecule has 0 radical (unpaired) electrons. The lowest BCUT2D eigenvalue weighted by atomic mass is 10.2. The fourth-order valence-corrected chi connectivity index (χ4v) is 9.82. The summed E-state index contributed by atoms with van der Waals surface area (Å²) in [7, 11) is -2.20. The maximum Gasteiger partial charge on any atom is 0.264 e. The summed E-state index contributed by atoms with van der Waals surface area (Å²) in [5.74, 6) is 0.256. The van der Waals surface area contributed by atoms with Crippen molar-refractivity contribution in [3.8, 4) is 0 Å². The van der Waals surface area contributed by atoms with Crippen molar-refractivity contribution in [2.24, 2.45) is 0 Å². The average molecular weight is 438 g/mol. The van der Waals surface area contributed by atoms with Gasteiger partial charge in [-0.25, -0.2) is 0 Å². The Kier molecular flexibility index (Phi) is 5.83. The molecule has 3 nitrogen and oxygen atoms in total. The van der Waals surface area contributed by atoms with Crippen molar-refractivity contribution in [3.05, 3.63) is 121 Å². The Hall–Kier alpha value is -3.29. The van der Waals surface area contributed by atoms with E-state index in [1.807, 2.05) is 17.0 Å². The number of hydrogen-bond donors (Lipinski definition) is 0. The van der Waals surface area contributed by atoms with Gasteiger partial charge in [0.25, 0.3) is 5.91 Å². The topological polar surface area (TPSA) is 33.2 Å². The van der Waals surface area contributed by atoms with Gasteiger partial charge in [-0.1, -0.05) is 54.6 Å². The van der Waals surface area contributed by atoms with Gasteiger partial charge in [0.15, 0.2) is 5.66 Å². The van der Waals surface area contributed by atoms with Gasteiger partial charge in [-0.05, 0) is 54.1 Å². The number of nitrogens with zero attached hydrogens (tertiary/aromatic N) is 2. The van der Waals surface area contributed by atoms with E-state index < -0.39 is 7.26 Å². The molecular formula is C28H26N2OP+. The van der Waals surface area contributed by atoms with E-state index in [1.165, 1.54) is 15.9 Å². The third kappa shape index (κ3) is 3.63. The van der Waals surface area contributed by atoms with Gasteiger partial charge in [0.2, 0.25) is 0 Å². The summed E-state index contributed by atoms with van der Waals surface area (Å²) in [6, 6.07) is 36.1. The lowest BCUT2D eigenvalue weighted by Gasteiger charge is -2.32. The van der Waals surface area contributed by atoms with Gasteiger partial charge in [-0.15, -0.1) is 0 Å². The van der Waals surface area contributed by atoms with E-state index in [4.69, 9.17) is 0 Å². The van der Waals surface area contributed by atoms with E-state index in [-0.39, 0.29) is 11.6 Å². The van der Waals surface area contributed by atoms with Crippen LogP contribution in [0.1, 0.15) is 12.0 Å². The number of pyridine rings is 1. The summed E-state index contributed by atoms with van der Waals surface area (Å²) in [6.07, 6.45) is 4.45. The van der Waals surface area contributed by atoms with Gasteiger partial charge in [0.05, 0.1) is 0 Å². The van der Waals surface area contributed by atoms with Crippen LogP contribution in [0.2, 0.25) is 0 Å². The molecule has 2 heterocycles. The molecule has 3 aromatic carbocycles. The number of rotatable bonds is 6. The number of carbonyl (C=O) groups is 1. The minimum atomic E-state index is -2.20. The van der Waals surface area contributed by atoms with E-state index in [2.05, 4.69) is 96.0 Å². The van der Waals surface area contributed by atoms with Crippen LogP contribution in [0.15, 0.2) is 116 Å². The smallest absolute Gasteiger partial charge is 0.264 e. The normalized spacial score (nSPS) is 16.3. The van der Waals surface area contributed by atoms with Gasteiger partial charge in [0, 0.05) is 31.9 Å². The number of benzene rings is 3. The highest BCUT2D eigenvalue weighted by Crippen LogP contribution is 2.62. The van der Waals surface area contributed by atoms with Gasteiger partial charge in [-0.3, -0.25) is 9.78 Å². The fraction of sp³-hybridized carbons (Fsp3) is 0.143. The highest BCUT2D eigenvalue weighted by atomic mass is 31.2. The van der Waals surface area contributed by atoms with Gasteiger partial charge in [0.1, 0.15) is 23.2 Å². The first-order chi connectivity index (χ1) is 15.8. The Morgan fingerprint density at radius 1 is 0.719 bits per heavy atom. The summed E-state index contributed by atoms with van der Waals surface area (Å²) in [4.78, 5) is 20.2. The quantitative estimate of drug-likeness (QED) is 0.424. The number of likely N-dealkylation sites (tertiary alicyclic amines) is 1. The molecule has 0 spiro atoms. The molecule has 1 aliphatic rings. The third-order valence-corrected chi connectivity index (χ3v) is 11.1. The second kappa shape index (κ2) is 9.06. The monoisotopic (exact) mass is 437 g/mol. The highest BCUT2D eigenvalue weighted by molar-refractivity contribution is 7.96. The van der Waals surface area contributed by atoms with Crippen LogP contribution in [0, 0.1) is 0 Å². The van der Waals surface area contributed by atoms with Gasteiger partial charge >= 0.3 is 0 Å². The predicted molar refractivity (Wildman–Crippen MR) is 133 cm³/mol. The first-order valence-corrected chi connectivity index (χ1v) is 12.9. The van der Waals surface area contributed by atoms with Crippen molar-refractivity contribution in [1.82, 2.24) is 9.88 Å². The molecule has 1 aromatic heterocycles. The molecule has 158 valence electrons. The van der Waals surface area contributed by atoms with Crippen LogP contribution in [-0.2, 0) is 11.3 Å². The molecule has 32 heavy (non-hydrogen) atoms. The first kappa shape index (κ1) is 20.6. The Labute approximate surface area is 190 Å². The van der Waals surface area contributed by atoms with Crippen LogP contribution in [0.3, 0.4) is 0 Å². The molecule has 1 atom stereocenters. The molecule has 5 rings (SSSR count). The summed E-state index contributed by atoms with van der Waals surface area (Å²) in [5.41, 5.74) is 1.05. The standard InChI is InChI=1S/C28H26N2OP/c31-28-27(18-21-30(28)22-23-16-19-29-20-17-23)32(24-10-4-1-5-11-24,25-12-6-2-7-13-25)26-14-8-3-9-15-26/h1-17,19-20,27H,18,21-22H2/q+1. The second-order valence-corrected chi connectivity index (χ2v) is 11.8. The lowest BCUT2D eigenvalue weighted by molar-refractivity contribution is -0.127. The number of carbonyl (C=O) groups excluding carboxylic acids is 1. The molecule has 0 N–H and O–H groups in total. The minimum Gasteiger partial charge on any atom is -0.335 e. The average Bonchev–Trinajstić information content (AvgIpc) is 3.22. The molecular weight excluding hydrogens is 411 g/mol. The van der Waals surface area contributed by atoms with Gasteiger partial charge in [-0.2, -0.15) is 0 Å². The minimum absolute atomic E-state index is 0.0727. The maximum atomic E-state index is 14.0. The SMILES string of the molecule is O=C1C([P+](c2ccccc2)(c2ccccc2)c2ccccc2)CCN1Cc1ccncc1. The van der Waals surface area contributed by atoms with E-state index in [0.29, 0.717) is 6.54 Å². The van der Waals surface area contributed by atoms with Gasteiger partial charge < -0.3 is 4.90 Å². The van der Waals surface area contributed by atoms with Crippen LogP contribution in [0.5, 0.6) is 0 Å². The second-order valence-electron chi connectivity index (χ2n) is 8.15. The van der Waals surface area contributed by atoms with Crippen molar-refractivity contribution in [2.75, 3.05) is 6.54 Å². The zero-order valence-corrected chi connectivity index (χ0v) is 18.8. The zero-order chi connectivity index (χ0) is 21.8. The summed E-state index contributed by atoms with van der Waals surface area (Å²) >= 11 is 0. The Morgan fingerprint density at radius 3 is 1.66 bits per heavy atom. The summed E-state index contributed by atoms with van der Waals surface area (Å²) in [6.45, 7) is 1.41. The highest BCUT2D eigenvalue weighted by Gasteiger charge is 2.58. The third-order valence-electron chi connectivity index (χ3n) is 6.35. The van der Waals surface area contributed by atoms with Crippen LogP contribution < -0.4 is 15.9 Å². The molecule has 4 heteroatoms. The number of hydrogen-bond acceptors (Lipinski definition) is 2. The molecule has 0 saturated carbocycles. The van der Waals surface area contributed by atoms with E-state index in [9.17, 15) is 4.79 Å². The van der Waals surface area contributed by atoms with Crippen molar-refractivity contribution >= 4 is 29.1 Å². The first-order valence-electron chi connectivity index (χ1n) is 11.0. The van der Waals surface area contributed by atoms with Crippen LogP contribution in [-0.4, -0.2) is 28.0 Å². The molecule has 0 bridgehead atoms. The lowest BCUT2D eigenvalue weighted by Crippen LogP contribution is -2.42. The van der Waals surface area contributed by atoms with E-state index >= 15 is 0 Å². The maximum absolute atomic E-state index is 14.0. The molecule has 1 aliphatic heterocycles. The molecule has 4 aromatic rings. The van der Waals surface area contributed by atoms with Crippen molar-refractivity contribution in [2.45, 2.75) is 18.6 Å². The van der Waals surface area contributed by atoms with Crippen LogP contribution >= 0.6 is 7.26 Å². The van der Waals surface area contributed by atoms with E-state index in [0.717, 1.165) is 18.5 Å². The predicted octanol–water partition coefficient (Wildman–Crippen LogP) is 4.18. The largest absolute Gasteiger partial charge is 0.335 e. The van der Waals surface area contributed by atoms with Crippen LogP contribution in [0.4, 0.5) is 0 Å². The molecule has 1 fully saturated rings. The molecule has 1 unspecified atom stereocenters.